The zero-order valence-electron chi connectivity index (χ0n) is 11.5. The van der Waals surface area contributed by atoms with E-state index < -0.39 is 0 Å². The molecular weight excluding hydrogens is 327 g/mol. The fourth-order valence-electron chi connectivity index (χ4n) is 2.74. The maximum absolute atomic E-state index is 4.16. The van der Waals surface area contributed by atoms with Gasteiger partial charge < -0.3 is 15.5 Å². The molecule has 0 unspecified atom stereocenters. The van der Waals surface area contributed by atoms with Crippen molar-refractivity contribution in [2.45, 2.75) is 25.7 Å². The summed E-state index contributed by atoms with van der Waals surface area (Å²) in [5, 5.41) is 6.49. The first-order chi connectivity index (χ1) is 7.62. The summed E-state index contributed by atoms with van der Waals surface area (Å²) in [6, 6.07) is 0. The van der Waals surface area contributed by atoms with E-state index in [1.165, 1.54) is 32.2 Å². The molecule has 1 saturated carbocycles. The van der Waals surface area contributed by atoms with Gasteiger partial charge in [0.05, 0.1) is 0 Å². The van der Waals surface area contributed by atoms with Gasteiger partial charge in [0.1, 0.15) is 0 Å². The number of guanidine groups is 1. The minimum atomic E-state index is 0. The summed E-state index contributed by atoms with van der Waals surface area (Å²) >= 11 is 0. The van der Waals surface area contributed by atoms with Gasteiger partial charge in [-0.05, 0) is 26.9 Å². The lowest BCUT2D eigenvalue weighted by atomic mass is 9.85. The average molecular weight is 354 g/mol. The summed E-state index contributed by atoms with van der Waals surface area (Å²) in [6.45, 7) is 2.19. The predicted molar refractivity (Wildman–Crippen MR) is 85.3 cm³/mol. The normalized spacial score (nSPS) is 19.0. The van der Waals surface area contributed by atoms with Crippen molar-refractivity contribution in [2.24, 2.45) is 10.4 Å². The van der Waals surface area contributed by atoms with Crippen molar-refractivity contribution >= 4 is 29.9 Å². The SMILES string of the molecule is CN=C(NC)NCC1(CN(C)C)CCCC1.I. The van der Waals surface area contributed by atoms with Crippen LogP contribution in [0.4, 0.5) is 0 Å². The molecular formula is C12H27IN4. The van der Waals surface area contributed by atoms with Crippen molar-refractivity contribution in [1.29, 1.82) is 0 Å². The minimum absolute atomic E-state index is 0. The molecule has 2 N–H and O–H groups in total. The molecule has 0 aliphatic heterocycles. The van der Waals surface area contributed by atoms with Crippen LogP contribution in [0.25, 0.3) is 0 Å². The maximum Gasteiger partial charge on any atom is 0.190 e. The van der Waals surface area contributed by atoms with Crippen LogP contribution in [0.15, 0.2) is 4.99 Å². The van der Waals surface area contributed by atoms with Crippen molar-refractivity contribution < 1.29 is 0 Å². The molecule has 5 heteroatoms. The predicted octanol–water partition coefficient (Wildman–Crippen LogP) is 1.52. The van der Waals surface area contributed by atoms with Crippen LogP contribution in [0.5, 0.6) is 0 Å². The van der Waals surface area contributed by atoms with E-state index in [0.29, 0.717) is 5.41 Å². The Labute approximate surface area is 123 Å². The maximum atomic E-state index is 4.16. The van der Waals surface area contributed by atoms with Crippen LogP contribution in [0.2, 0.25) is 0 Å². The third kappa shape index (κ3) is 5.42. The average Bonchev–Trinajstić information content (AvgIpc) is 2.67. The summed E-state index contributed by atoms with van der Waals surface area (Å²) in [6.07, 6.45) is 5.40. The Kier molecular flexibility index (Phi) is 8.11. The number of rotatable bonds is 4. The van der Waals surface area contributed by atoms with Crippen molar-refractivity contribution in [2.75, 3.05) is 41.3 Å². The van der Waals surface area contributed by atoms with Crippen LogP contribution in [0.3, 0.4) is 0 Å². The molecule has 0 atom stereocenters. The second-order valence-electron chi connectivity index (χ2n) is 5.12. The zero-order valence-corrected chi connectivity index (χ0v) is 13.9. The highest BCUT2D eigenvalue weighted by molar-refractivity contribution is 14.0. The molecule has 1 fully saturated rings. The molecule has 0 aromatic heterocycles. The standard InChI is InChI=1S/C12H26N4.HI/c1-13-11(14-2)15-9-12(10-16(3)4)7-5-6-8-12;/h5-10H2,1-4H3,(H2,13,14,15);1H. The third-order valence-corrected chi connectivity index (χ3v) is 3.41. The molecule has 0 aromatic rings. The van der Waals surface area contributed by atoms with E-state index in [4.69, 9.17) is 0 Å². The lowest BCUT2D eigenvalue weighted by Gasteiger charge is -2.32. The highest BCUT2D eigenvalue weighted by Gasteiger charge is 2.34. The summed E-state index contributed by atoms with van der Waals surface area (Å²) in [5.41, 5.74) is 0.441. The van der Waals surface area contributed by atoms with E-state index in [1.54, 1.807) is 0 Å². The van der Waals surface area contributed by atoms with Gasteiger partial charge in [-0.3, -0.25) is 4.99 Å². The molecule has 0 saturated heterocycles. The Morgan fingerprint density at radius 1 is 1.29 bits per heavy atom. The fraction of sp³-hybridized carbons (Fsp3) is 0.917. The summed E-state index contributed by atoms with van der Waals surface area (Å²) in [4.78, 5) is 6.46. The van der Waals surface area contributed by atoms with Crippen LogP contribution in [0.1, 0.15) is 25.7 Å². The van der Waals surface area contributed by atoms with E-state index in [0.717, 1.165) is 12.5 Å². The van der Waals surface area contributed by atoms with Crippen molar-refractivity contribution in [3.63, 3.8) is 0 Å². The molecule has 1 aliphatic carbocycles. The number of aliphatic imine (C=N–C) groups is 1. The molecule has 0 heterocycles. The van der Waals surface area contributed by atoms with Gasteiger partial charge in [-0.15, -0.1) is 24.0 Å². The zero-order chi connectivity index (χ0) is 12.0. The van der Waals surface area contributed by atoms with Crippen LogP contribution in [-0.4, -0.2) is 52.1 Å². The number of nitrogens with zero attached hydrogens (tertiary/aromatic N) is 2. The number of halogens is 1. The van der Waals surface area contributed by atoms with E-state index >= 15 is 0 Å². The first-order valence-corrected chi connectivity index (χ1v) is 6.15. The monoisotopic (exact) mass is 354 g/mol. The first kappa shape index (κ1) is 17.0. The lowest BCUT2D eigenvalue weighted by molar-refractivity contribution is 0.202. The van der Waals surface area contributed by atoms with Crippen molar-refractivity contribution in [3.8, 4) is 0 Å². The molecule has 0 radical (unpaired) electrons. The van der Waals surface area contributed by atoms with E-state index in [-0.39, 0.29) is 24.0 Å². The van der Waals surface area contributed by atoms with Gasteiger partial charge in [0, 0.05) is 32.6 Å². The lowest BCUT2D eigenvalue weighted by Crippen LogP contribution is -2.45. The van der Waals surface area contributed by atoms with Crippen LogP contribution < -0.4 is 10.6 Å². The Morgan fingerprint density at radius 3 is 2.29 bits per heavy atom. The number of nitrogens with one attached hydrogen (secondary N) is 2. The molecule has 1 aliphatic rings. The fourth-order valence-corrected chi connectivity index (χ4v) is 2.74. The number of hydrogen-bond donors (Lipinski definition) is 2. The smallest absolute Gasteiger partial charge is 0.190 e. The summed E-state index contributed by atoms with van der Waals surface area (Å²) in [7, 11) is 8.04. The van der Waals surface area contributed by atoms with Gasteiger partial charge >= 0.3 is 0 Å². The molecule has 102 valence electrons. The Hall–Kier alpha value is -0.0400. The third-order valence-electron chi connectivity index (χ3n) is 3.41. The van der Waals surface area contributed by atoms with Gasteiger partial charge in [-0.1, -0.05) is 12.8 Å². The van der Waals surface area contributed by atoms with Gasteiger partial charge in [0.15, 0.2) is 5.96 Å². The van der Waals surface area contributed by atoms with Crippen molar-refractivity contribution in [3.05, 3.63) is 0 Å². The first-order valence-electron chi connectivity index (χ1n) is 6.15. The molecule has 4 nitrogen and oxygen atoms in total. The van der Waals surface area contributed by atoms with Crippen LogP contribution >= 0.6 is 24.0 Å². The van der Waals surface area contributed by atoms with Crippen LogP contribution in [-0.2, 0) is 0 Å². The molecule has 0 aromatic carbocycles. The summed E-state index contributed by atoms with van der Waals surface area (Å²) in [5.74, 6) is 0.894. The molecule has 0 bridgehead atoms. The minimum Gasteiger partial charge on any atom is -0.359 e. The Morgan fingerprint density at radius 2 is 1.88 bits per heavy atom. The largest absolute Gasteiger partial charge is 0.359 e. The Bertz CT molecular complexity index is 235. The van der Waals surface area contributed by atoms with Gasteiger partial charge in [-0.2, -0.15) is 0 Å². The van der Waals surface area contributed by atoms with Crippen LogP contribution in [0, 0.1) is 5.41 Å². The number of hydrogen-bond acceptors (Lipinski definition) is 2. The highest BCUT2D eigenvalue weighted by atomic mass is 127. The highest BCUT2D eigenvalue weighted by Crippen LogP contribution is 2.37. The summed E-state index contributed by atoms with van der Waals surface area (Å²) < 4.78 is 0. The molecule has 17 heavy (non-hydrogen) atoms. The van der Waals surface area contributed by atoms with Gasteiger partial charge in [0.25, 0.3) is 0 Å². The van der Waals surface area contributed by atoms with E-state index in [2.05, 4.69) is 34.6 Å². The second kappa shape index (κ2) is 8.13. The molecule has 0 spiro atoms. The van der Waals surface area contributed by atoms with Gasteiger partial charge in [-0.25, -0.2) is 0 Å². The quantitative estimate of drug-likeness (QED) is 0.457. The molecule has 0 amide bonds. The second-order valence-corrected chi connectivity index (χ2v) is 5.12. The van der Waals surface area contributed by atoms with E-state index in [9.17, 15) is 0 Å². The van der Waals surface area contributed by atoms with Crippen molar-refractivity contribution in [1.82, 2.24) is 15.5 Å². The Balaban J connectivity index is 0.00000256. The van der Waals surface area contributed by atoms with E-state index in [1.807, 2.05) is 14.1 Å². The topological polar surface area (TPSA) is 39.7 Å². The molecule has 1 rings (SSSR count). The van der Waals surface area contributed by atoms with Gasteiger partial charge in [0.2, 0.25) is 0 Å².